The van der Waals surface area contributed by atoms with Gasteiger partial charge in [0.05, 0.1) is 5.69 Å². The van der Waals surface area contributed by atoms with Crippen LogP contribution in [0.5, 0.6) is 0 Å². The molecule has 2 N–H and O–H groups in total. The van der Waals surface area contributed by atoms with Crippen molar-refractivity contribution in [2.24, 2.45) is 0 Å². The Bertz CT molecular complexity index is 234. The number of hydrogen-bond acceptors (Lipinski definition) is 2. The van der Waals surface area contributed by atoms with Crippen molar-refractivity contribution in [3.63, 3.8) is 0 Å². The third-order valence-electron chi connectivity index (χ3n) is 1.05. The molecule has 0 amide bonds. The van der Waals surface area contributed by atoms with E-state index in [1.807, 2.05) is 4.94 Å². The Morgan fingerprint density at radius 2 is 1.64 bits per heavy atom. The van der Waals surface area contributed by atoms with Crippen molar-refractivity contribution >= 4 is 17.5 Å². The number of rotatable bonds is 2. The quantitative estimate of drug-likeness (QED) is 0.535. The van der Waals surface area contributed by atoms with Gasteiger partial charge in [0.2, 0.25) is 0 Å². The van der Waals surface area contributed by atoms with Crippen LogP contribution in [0.2, 0.25) is 0 Å². The molecule has 0 saturated carbocycles. The number of nitrogens with one attached hydrogen (secondary N) is 2. The lowest BCUT2D eigenvalue weighted by Gasteiger charge is -2.01. The van der Waals surface area contributed by atoms with Gasteiger partial charge in [-0.3, -0.25) is 0 Å². The second-order valence-electron chi connectivity index (χ2n) is 1.88. The first-order valence-corrected chi connectivity index (χ1v) is 3.18. The van der Waals surface area contributed by atoms with E-state index in [9.17, 15) is 8.78 Å². The van der Waals surface area contributed by atoms with Crippen molar-refractivity contribution in [3.8, 4) is 0 Å². The maximum Gasteiger partial charge on any atom is 0.128 e. The second-order valence-corrected chi connectivity index (χ2v) is 2.07. The molecule has 0 radical (unpaired) electrons. The Morgan fingerprint density at radius 1 is 1.09 bits per heavy atom. The van der Waals surface area contributed by atoms with Gasteiger partial charge in [0.1, 0.15) is 11.6 Å². The Kier molecular flexibility index (Phi) is 2.62. The first-order valence-electron chi connectivity index (χ1n) is 2.80. The largest absolute Gasteiger partial charge is 0.307 e. The van der Waals surface area contributed by atoms with Gasteiger partial charge in [0, 0.05) is 6.07 Å². The van der Waals surface area contributed by atoms with Crippen LogP contribution in [0.3, 0.4) is 0 Å². The summed E-state index contributed by atoms with van der Waals surface area (Å²) in [4.78, 5) is 2.03. The lowest BCUT2D eigenvalue weighted by atomic mass is 10.3. The Hall–Kier alpha value is -0.870. The normalized spacial score (nSPS) is 9.73. The molecule has 5 heteroatoms. The van der Waals surface area contributed by atoms with E-state index in [1.165, 1.54) is 0 Å². The summed E-state index contributed by atoms with van der Waals surface area (Å²) in [5.41, 5.74) is 2.56. The zero-order valence-corrected chi connectivity index (χ0v) is 6.12. The molecule has 0 unspecified atom stereocenters. The fourth-order valence-corrected chi connectivity index (χ4v) is 0.790. The van der Waals surface area contributed by atoms with Gasteiger partial charge in [-0.15, -0.1) is 4.94 Å². The van der Waals surface area contributed by atoms with Crippen LogP contribution in [-0.4, -0.2) is 0 Å². The van der Waals surface area contributed by atoms with Gasteiger partial charge in [0.15, 0.2) is 0 Å². The summed E-state index contributed by atoms with van der Waals surface area (Å²) in [5, 5.41) is 0. The van der Waals surface area contributed by atoms with Crippen molar-refractivity contribution in [1.29, 1.82) is 0 Å². The third kappa shape index (κ3) is 2.32. The minimum atomic E-state index is -0.653. The summed E-state index contributed by atoms with van der Waals surface area (Å²) in [5.74, 6) is -1.31. The fourth-order valence-electron chi connectivity index (χ4n) is 0.681. The molecule has 1 aromatic carbocycles. The highest BCUT2D eigenvalue weighted by molar-refractivity contribution is 6.13. The highest BCUT2D eigenvalue weighted by Crippen LogP contribution is 2.11. The first-order chi connectivity index (χ1) is 5.22. The summed E-state index contributed by atoms with van der Waals surface area (Å²) >= 11 is 5.03. The van der Waals surface area contributed by atoms with Crippen LogP contribution in [0, 0.1) is 11.6 Å². The molecular formula is C6H5ClF2N2. The van der Waals surface area contributed by atoms with Crippen LogP contribution in [0.15, 0.2) is 18.2 Å². The number of halogens is 3. The summed E-state index contributed by atoms with van der Waals surface area (Å²) in [6.07, 6.45) is 0. The molecule has 0 aromatic heterocycles. The van der Waals surface area contributed by atoms with E-state index >= 15 is 0 Å². The van der Waals surface area contributed by atoms with E-state index in [0.29, 0.717) is 0 Å². The Morgan fingerprint density at radius 3 is 2.09 bits per heavy atom. The molecule has 0 aliphatic heterocycles. The highest BCUT2D eigenvalue weighted by atomic mass is 35.5. The molecule has 2 nitrogen and oxygen atoms in total. The summed E-state index contributed by atoms with van der Waals surface area (Å²) in [6.45, 7) is 0. The molecule has 1 rings (SSSR count). The van der Waals surface area contributed by atoms with Gasteiger partial charge in [-0.05, 0) is 23.9 Å². The monoisotopic (exact) mass is 178 g/mol. The summed E-state index contributed by atoms with van der Waals surface area (Å²) in [7, 11) is 0. The van der Waals surface area contributed by atoms with Crippen LogP contribution >= 0.6 is 11.8 Å². The third-order valence-corrected chi connectivity index (χ3v) is 1.15. The molecule has 0 heterocycles. The molecule has 0 atom stereocenters. The van der Waals surface area contributed by atoms with Crippen LogP contribution in [0.1, 0.15) is 0 Å². The number of hydrogen-bond donors (Lipinski definition) is 2. The maximum absolute atomic E-state index is 12.4. The van der Waals surface area contributed by atoms with Crippen molar-refractivity contribution < 1.29 is 8.78 Å². The minimum Gasteiger partial charge on any atom is -0.307 e. The Labute approximate surface area is 67.2 Å². The predicted octanol–water partition coefficient (Wildman–Crippen LogP) is 2.04. The number of hydrazine groups is 1. The topological polar surface area (TPSA) is 24.1 Å². The van der Waals surface area contributed by atoms with Crippen molar-refractivity contribution in [2.45, 2.75) is 0 Å². The van der Waals surface area contributed by atoms with E-state index in [4.69, 9.17) is 11.8 Å². The van der Waals surface area contributed by atoms with E-state index in [1.54, 1.807) is 0 Å². The van der Waals surface area contributed by atoms with Crippen LogP contribution in [0.4, 0.5) is 14.5 Å². The SMILES string of the molecule is Fc1cc(F)cc(NNCl)c1. The average molecular weight is 179 g/mol. The average Bonchev–Trinajstić information content (AvgIpc) is 1.85. The first kappa shape index (κ1) is 8.23. The van der Waals surface area contributed by atoms with Crippen molar-refractivity contribution in [3.05, 3.63) is 29.8 Å². The molecule has 0 fully saturated rings. The van der Waals surface area contributed by atoms with Gasteiger partial charge >= 0.3 is 0 Å². The lowest BCUT2D eigenvalue weighted by Crippen LogP contribution is -2.08. The molecule has 0 spiro atoms. The van der Waals surface area contributed by atoms with Crippen LogP contribution in [0.25, 0.3) is 0 Å². The van der Waals surface area contributed by atoms with Gasteiger partial charge in [0.25, 0.3) is 0 Å². The van der Waals surface area contributed by atoms with Crippen molar-refractivity contribution in [1.82, 2.24) is 4.94 Å². The van der Waals surface area contributed by atoms with Gasteiger partial charge in [-0.25, -0.2) is 8.78 Å². The van der Waals surface area contributed by atoms with E-state index < -0.39 is 11.6 Å². The number of anilines is 1. The second kappa shape index (κ2) is 3.50. The molecule has 0 aliphatic rings. The summed E-state index contributed by atoms with van der Waals surface area (Å²) in [6, 6.07) is 3.00. The molecule has 0 aliphatic carbocycles. The maximum atomic E-state index is 12.4. The molecule has 0 saturated heterocycles. The molecule has 0 bridgehead atoms. The fraction of sp³-hybridized carbons (Fsp3) is 0. The van der Waals surface area contributed by atoms with E-state index in [0.717, 1.165) is 18.2 Å². The highest BCUT2D eigenvalue weighted by Gasteiger charge is 1.98. The van der Waals surface area contributed by atoms with Crippen LogP contribution < -0.4 is 10.4 Å². The standard InChI is InChI=1S/C6H5ClF2N2/c7-11-10-6-2-4(8)1-5(9)3-6/h1-3,10-11H. The summed E-state index contributed by atoms with van der Waals surface area (Å²) < 4.78 is 24.8. The number of benzene rings is 1. The van der Waals surface area contributed by atoms with Crippen molar-refractivity contribution in [2.75, 3.05) is 5.43 Å². The molecule has 1 aromatic rings. The zero-order valence-electron chi connectivity index (χ0n) is 5.37. The lowest BCUT2D eigenvalue weighted by molar-refractivity contribution is 0.584. The Balaban J connectivity index is 2.89. The van der Waals surface area contributed by atoms with Gasteiger partial charge in [-0.1, -0.05) is 0 Å². The molecule has 60 valence electrons. The van der Waals surface area contributed by atoms with E-state index in [-0.39, 0.29) is 5.69 Å². The smallest absolute Gasteiger partial charge is 0.128 e. The predicted molar refractivity (Wildman–Crippen MR) is 39.0 cm³/mol. The minimum absolute atomic E-state index is 0.234. The molecule has 11 heavy (non-hydrogen) atoms. The zero-order chi connectivity index (χ0) is 8.27. The van der Waals surface area contributed by atoms with Gasteiger partial charge < -0.3 is 5.43 Å². The van der Waals surface area contributed by atoms with E-state index in [2.05, 4.69) is 5.43 Å². The molecular weight excluding hydrogens is 174 g/mol. The van der Waals surface area contributed by atoms with Gasteiger partial charge in [-0.2, -0.15) is 0 Å². The van der Waals surface area contributed by atoms with Crippen LogP contribution in [-0.2, 0) is 0 Å².